The monoisotopic (exact) mass is 303 g/mol. The van der Waals surface area contributed by atoms with Crippen molar-refractivity contribution in [1.29, 1.82) is 0 Å². The maximum absolute atomic E-state index is 12.3. The average molecular weight is 303 g/mol. The first-order chi connectivity index (χ1) is 9.90. The highest BCUT2D eigenvalue weighted by atomic mass is 32.1. The minimum Gasteiger partial charge on any atom is -0.386 e. The highest BCUT2D eigenvalue weighted by Gasteiger charge is 2.16. The molecule has 0 aliphatic heterocycles. The van der Waals surface area contributed by atoms with Crippen LogP contribution in [0.2, 0.25) is 0 Å². The smallest absolute Gasteiger partial charge is 0.251 e. The topological polar surface area (TPSA) is 49.3 Å². The Morgan fingerprint density at radius 3 is 2.33 bits per heavy atom. The van der Waals surface area contributed by atoms with Crippen molar-refractivity contribution in [3.63, 3.8) is 0 Å². The van der Waals surface area contributed by atoms with Crippen molar-refractivity contribution in [2.75, 3.05) is 6.54 Å². The minimum absolute atomic E-state index is 0.127. The lowest BCUT2D eigenvalue weighted by Gasteiger charge is -2.14. The van der Waals surface area contributed by atoms with Crippen LogP contribution in [-0.4, -0.2) is 17.6 Å². The van der Waals surface area contributed by atoms with E-state index in [1.165, 1.54) is 11.3 Å². The molecule has 0 spiro atoms. The lowest BCUT2D eigenvalue weighted by molar-refractivity contribution is 0.0916. The van der Waals surface area contributed by atoms with Gasteiger partial charge in [-0.1, -0.05) is 17.7 Å². The number of aliphatic hydroxyl groups excluding tert-OH is 1. The second-order valence-corrected chi connectivity index (χ2v) is 6.42. The summed E-state index contributed by atoms with van der Waals surface area (Å²) >= 11 is 1.51. The van der Waals surface area contributed by atoms with Crippen LogP contribution in [0.25, 0.3) is 0 Å². The number of carbonyl (C=O) groups excluding carboxylic acids is 1. The SMILES string of the molecule is Cc1cc(C)c(C(=O)NCC(O)c2sccc2C)c(C)c1. The van der Waals surface area contributed by atoms with Gasteiger partial charge in [-0.3, -0.25) is 4.79 Å². The third-order valence-electron chi connectivity index (χ3n) is 3.56. The second kappa shape index (κ2) is 6.41. The van der Waals surface area contributed by atoms with E-state index >= 15 is 0 Å². The molecule has 2 N–H and O–H groups in total. The molecule has 112 valence electrons. The van der Waals surface area contributed by atoms with E-state index in [1.54, 1.807) is 0 Å². The van der Waals surface area contributed by atoms with Gasteiger partial charge in [-0.2, -0.15) is 0 Å². The van der Waals surface area contributed by atoms with Crippen molar-refractivity contribution in [3.05, 3.63) is 56.3 Å². The molecular formula is C17H21NO2S. The molecule has 0 fully saturated rings. The molecule has 2 aromatic rings. The van der Waals surface area contributed by atoms with Gasteiger partial charge in [0.05, 0.1) is 0 Å². The fraction of sp³-hybridized carbons (Fsp3) is 0.353. The standard InChI is InChI=1S/C17H21NO2S/c1-10-7-12(3)15(13(4)8-10)17(20)18-9-14(19)16-11(2)5-6-21-16/h5-8,14,19H,9H2,1-4H3,(H,18,20). The predicted molar refractivity (Wildman–Crippen MR) is 87.0 cm³/mol. The van der Waals surface area contributed by atoms with Gasteiger partial charge in [0.1, 0.15) is 6.10 Å². The number of hydrogen-bond acceptors (Lipinski definition) is 3. The van der Waals surface area contributed by atoms with Crippen molar-refractivity contribution in [2.24, 2.45) is 0 Å². The number of benzene rings is 1. The van der Waals surface area contributed by atoms with Crippen molar-refractivity contribution in [3.8, 4) is 0 Å². The molecule has 0 saturated carbocycles. The number of aryl methyl sites for hydroxylation is 4. The zero-order valence-electron chi connectivity index (χ0n) is 12.9. The Bertz CT molecular complexity index is 638. The fourth-order valence-corrected chi connectivity index (χ4v) is 3.55. The van der Waals surface area contributed by atoms with Crippen LogP contribution in [0.15, 0.2) is 23.6 Å². The summed E-state index contributed by atoms with van der Waals surface area (Å²) in [4.78, 5) is 13.2. The molecule has 3 nitrogen and oxygen atoms in total. The number of thiophene rings is 1. The second-order valence-electron chi connectivity index (χ2n) is 5.47. The van der Waals surface area contributed by atoms with Crippen LogP contribution >= 0.6 is 11.3 Å². The molecule has 1 unspecified atom stereocenters. The van der Waals surface area contributed by atoms with E-state index < -0.39 is 6.10 Å². The summed E-state index contributed by atoms with van der Waals surface area (Å²) < 4.78 is 0. The molecule has 0 radical (unpaired) electrons. The molecule has 1 aromatic heterocycles. The van der Waals surface area contributed by atoms with Crippen LogP contribution in [0.3, 0.4) is 0 Å². The highest BCUT2D eigenvalue weighted by Crippen LogP contribution is 2.23. The van der Waals surface area contributed by atoms with E-state index in [4.69, 9.17) is 0 Å². The first kappa shape index (κ1) is 15.7. The summed E-state index contributed by atoms with van der Waals surface area (Å²) in [6.45, 7) is 8.09. The normalized spacial score (nSPS) is 12.2. The average Bonchev–Trinajstić information content (AvgIpc) is 2.81. The van der Waals surface area contributed by atoms with E-state index in [9.17, 15) is 9.90 Å². The molecular weight excluding hydrogens is 282 g/mol. The van der Waals surface area contributed by atoms with Gasteiger partial charge in [0.25, 0.3) is 5.91 Å². The summed E-state index contributed by atoms with van der Waals surface area (Å²) in [7, 11) is 0. The molecule has 1 atom stereocenters. The van der Waals surface area contributed by atoms with Crippen LogP contribution in [0.4, 0.5) is 0 Å². The Balaban J connectivity index is 2.08. The summed E-state index contributed by atoms with van der Waals surface area (Å²) in [6, 6.07) is 5.98. The van der Waals surface area contributed by atoms with Gasteiger partial charge in [-0.05, 0) is 55.8 Å². The first-order valence-electron chi connectivity index (χ1n) is 6.98. The first-order valence-corrected chi connectivity index (χ1v) is 7.86. The number of carbonyl (C=O) groups is 1. The molecule has 21 heavy (non-hydrogen) atoms. The van der Waals surface area contributed by atoms with Crippen LogP contribution in [0.5, 0.6) is 0 Å². The molecule has 0 aliphatic carbocycles. The van der Waals surface area contributed by atoms with Gasteiger partial charge in [-0.25, -0.2) is 0 Å². The highest BCUT2D eigenvalue weighted by molar-refractivity contribution is 7.10. The Kier molecular flexibility index (Phi) is 4.80. The Labute approximate surface area is 129 Å². The molecule has 1 heterocycles. The van der Waals surface area contributed by atoms with Crippen LogP contribution in [0, 0.1) is 27.7 Å². The van der Waals surface area contributed by atoms with E-state index in [2.05, 4.69) is 5.32 Å². The van der Waals surface area contributed by atoms with E-state index in [1.807, 2.05) is 51.3 Å². The number of nitrogens with one attached hydrogen (secondary N) is 1. The van der Waals surface area contributed by atoms with Crippen molar-refractivity contribution in [2.45, 2.75) is 33.8 Å². The van der Waals surface area contributed by atoms with Crippen molar-refractivity contribution in [1.82, 2.24) is 5.32 Å². The number of hydrogen-bond donors (Lipinski definition) is 2. The maximum Gasteiger partial charge on any atom is 0.251 e. The van der Waals surface area contributed by atoms with Gasteiger partial charge in [-0.15, -0.1) is 11.3 Å². The van der Waals surface area contributed by atoms with Gasteiger partial charge < -0.3 is 10.4 Å². The number of amides is 1. The molecule has 0 saturated heterocycles. The summed E-state index contributed by atoms with van der Waals surface area (Å²) in [5, 5.41) is 14.9. The van der Waals surface area contributed by atoms with E-state index in [-0.39, 0.29) is 12.5 Å². The van der Waals surface area contributed by atoms with Crippen LogP contribution in [0.1, 0.15) is 43.6 Å². The third kappa shape index (κ3) is 3.52. The molecule has 4 heteroatoms. The maximum atomic E-state index is 12.3. The lowest BCUT2D eigenvalue weighted by Crippen LogP contribution is -2.29. The van der Waals surface area contributed by atoms with Crippen molar-refractivity contribution >= 4 is 17.2 Å². The van der Waals surface area contributed by atoms with Crippen molar-refractivity contribution < 1.29 is 9.90 Å². The summed E-state index contributed by atoms with van der Waals surface area (Å²) in [5.74, 6) is -0.127. The quantitative estimate of drug-likeness (QED) is 0.909. The molecule has 0 bridgehead atoms. The molecule has 1 amide bonds. The molecule has 1 aromatic carbocycles. The number of rotatable bonds is 4. The van der Waals surface area contributed by atoms with Crippen LogP contribution < -0.4 is 5.32 Å². The summed E-state index contributed by atoms with van der Waals surface area (Å²) in [5.41, 5.74) is 4.84. The predicted octanol–water partition coefficient (Wildman–Crippen LogP) is 3.45. The zero-order chi connectivity index (χ0) is 15.6. The van der Waals surface area contributed by atoms with E-state index in [0.29, 0.717) is 5.56 Å². The Morgan fingerprint density at radius 1 is 1.19 bits per heavy atom. The lowest BCUT2D eigenvalue weighted by atomic mass is 9.99. The summed E-state index contributed by atoms with van der Waals surface area (Å²) in [6.07, 6.45) is -0.653. The molecule has 0 aliphatic rings. The van der Waals surface area contributed by atoms with E-state index in [0.717, 1.165) is 27.1 Å². The minimum atomic E-state index is -0.653. The Morgan fingerprint density at radius 2 is 1.81 bits per heavy atom. The van der Waals surface area contributed by atoms with Crippen LogP contribution in [-0.2, 0) is 0 Å². The Hall–Kier alpha value is -1.65. The largest absolute Gasteiger partial charge is 0.386 e. The van der Waals surface area contributed by atoms with Gasteiger partial charge in [0, 0.05) is 17.0 Å². The van der Waals surface area contributed by atoms with Gasteiger partial charge in [0.15, 0.2) is 0 Å². The fourth-order valence-electron chi connectivity index (χ4n) is 2.63. The van der Waals surface area contributed by atoms with Gasteiger partial charge >= 0.3 is 0 Å². The number of aliphatic hydroxyl groups is 1. The zero-order valence-corrected chi connectivity index (χ0v) is 13.7. The van der Waals surface area contributed by atoms with Gasteiger partial charge in [0.2, 0.25) is 0 Å². The third-order valence-corrected chi connectivity index (χ3v) is 4.68. The molecule has 2 rings (SSSR count).